The van der Waals surface area contributed by atoms with E-state index in [1.54, 1.807) is 13.1 Å². The molecule has 0 aliphatic carbocycles. The zero-order chi connectivity index (χ0) is 19.3. The monoisotopic (exact) mass is 373 g/mol. The van der Waals surface area contributed by atoms with Crippen LogP contribution in [-0.2, 0) is 0 Å². The molecule has 0 N–H and O–H groups in total. The van der Waals surface area contributed by atoms with Crippen LogP contribution in [-0.4, -0.2) is 57.7 Å². The average Bonchev–Trinajstić information content (AvgIpc) is 3.32. The van der Waals surface area contributed by atoms with Crippen LogP contribution in [0.5, 0.6) is 0 Å². The summed E-state index contributed by atoms with van der Waals surface area (Å²) in [4.78, 5) is 21.5. The second-order valence-electron chi connectivity index (χ2n) is 7.50. The average molecular weight is 373 g/mol. The van der Waals surface area contributed by atoms with Gasteiger partial charge in [-0.3, -0.25) is 9.20 Å². The van der Waals surface area contributed by atoms with Gasteiger partial charge in [-0.25, -0.2) is 4.98 Å². The Hall–Kier alpha value is -3.12. The van der Waals surface area contributed by atoms with Gasteiger partial charge in [0.2, 0.25) is 0 Å². The predicted octanol–water partition coefficient (Wildman–Crippen LogP) is 3.21. The van der Waals surface area contributed by atoms with Crippen molar-refractivity contribution in [2.24, 2.45) is 0 Å². The molecule has 28 heavy (non-hydrogen) atoms. The lowest BCUT2D eigenvalue weighted by Crippen LogP contribution is -2.44. The lowest BCUT2D eigenvalue weighted by atomic mass is 10.1. The molecule has 5 heterocycles. The van der Waals surface area contributed by atoms with E-state index in [1.807, 2.05) is 35.0 Å². The van der Waals surface area contributed by atoms with Crippen molar-refractivity contribution in [2.45, 2.75) is 6.92 Å². The molecule has 0 spiro atoms. The van der Waals surface area contributed by atoms with E-state index < -0.39 is 0 Å². The number of pyridine rings is 2. The maximum atomic E-state index is 12.3. The third kappa shape index (κ3) is 2.68. The van der Waals surface area contributed by atoms with Crippen LogP contribution in [0.1, 0.15) is 17.4 Å². The molecule has 0 atom stereocenters. The van der Waals surface area contributed by atoms with E-state index in [4.69, 9.17) is 0 Å². The molecular formula is C22H23N5O. The summed E-state index contributed by atoms with van der Waals surface area (Å²) in [7, 11) is 2.16. The number of imidazole rings is 1. The summed E-state index contributed by atoms with van der Waals surface area (Å²) in [5, 5.41) is 0. The van der Waals surface area contributed by atoms with Crippen LogP contribution >= 0.6 is 0 Å². The van der Waals surface area contributed by atoms with Gasteiger partial charge in [-0.05, 0) is 37.4 Å². The molecule has 4 aromatic rings. The summed E-state index contributed by atoms with van der Waals surface area (Å²) in [6, 6.07) is 12.4. The van der Waals surface area contributed by atoms with Crippen molar-refractivity contribution in [1.82, 2.24) is 18.7 Å². The third-order valence-electron chi connectivity index (χ3n) is 5.69. The number of piperazine rings is 1. The summed E-state index contributed by atoms with van der Waals surface area (Å²) >= 11 is 0. The Kier molecular flexibility index (Phi) is 3.94. The van der Waals surface area contributed by atoms with Gasteiger partial charge in [-0.1, -0.05) is 6.07 Å². The number of Topliss-reactive ketones (excluding diaryl/α,β-unsaturated/α-hetero) is 1. The van der Waals surface area contributed by atoms with Crippen molar-refractivity contribution >= 4 is 22.6 Å². The van der Waals surface area contributed by atoms with E-state index in [0.717, 1.165) is 48.6 Å². The van der Waals surface area contributed by atoms with E-state index >= 15 is 0 Å². The molecule has 5 rings (SSSR count). The van der Waals surface area contributed by atoms with Crippen molar-refractivity contribution in [2.75, 3.05) is 38.1 Å². The van der Waals surface area contributed by atoms with Crippen LogP contribution in [0.4, 0.5) is 5.69 Å². The molecule has 0 bridgehead atoms. The largest absolute Gasteiger partial charge is 0.369 e. The van der Waals surface area contributed by atoms with Crippen LogP contribution < -0.4 is 4.90 Å². The molecule has 1 aliphatic heterocycles. The van der Waals surface area contributed by atoms with Gasteiger partial charge in [-0.2, -0.15) is 0 Å². The number of aromatic nitrogens is 3. The van der Waals surface area contributed by atoms with Crippen molar-refractivity contribution < 1.29 is 4.79 Å². The molecule has 6 nitrogen and oxygen atoms in total. The van der Waals surface area contributed by atoms with Crippen molar-refractivity contribution in [3.05, 3.63) is 60.7 Å². The number of anilines is 1. The van der Waals surface area contributed by atoms with Gasteiger partial charge in [0, 0.05) is 62.9 Å². The highest BCUT2D eigenvalue weighted by Gasteiger charge is 2.19. The summed E-state index contributed by atoms with van der Waals surface area (Å²) in [5.41, 5.74) is 5.93. The van der Waals surface area contributed by atoms with Gasteiger partial charge in [-0.15, -0.1) is 0 Å². The van der Waals surface area contributed by atoms with E-state index in [-0.39, 0.29) is 5.78 Å². The SMILES string of the molecule is CC(=O)c1cc(-c2cccc3nccn23)c2cc(N3CCN(C)CC3)ccn12. The number of rotatable bonds is 3. The lowest BCUT2D eigenvalue weighted by molar-refractivity contribution is 0.101. The number of likely N-dealkylation sites (N-methyl/N-ethyl adjacent to an activating group) is 1. The standard InChI is InChI=1S/C22H23N5O/c1-16(28)20-15-18(19-4-3-5-22-23-7-9-27(19)22)21-14-17(6-8-26(20)21)25-12-10-24(2)11-13-25/h3-9,14-15H,10-13H2,1-2H3. The molecule has 0 amide bonds. The molecular weight excluding hydrogens is 350 g/mol. The Bertz CT molecular complexity index is 1180. The van der Waals surface area contributed by atoms with E-state index in [9.17, 15) is 4.79 Å². The first-order valence-corrected chi connectivity index (χ1v) is 9.64. The van der Waals surface area contributed by atoms with Gasteiger partial charge >= 0.3 is 0 Å². The highest BCUT2D eigenvalue weighted by atomic mass is 16.1. The first kappa shape index (κ1) is 17.0. The number of hydrogen-bond donors (Lipinski definition) is 0. The highest BCUT2D eigenvalue weighted by Crippen LogP contribution is 2.31. The Morgan fingerprint density at radius 3 is 2.61 bits per heavy atom. The molecule has 1 saturated heterocycles. The minimum absolute atomic E-state index is 0.0615. The van der Waals surface area contributed by atoms with Crippen molar-refractivity contribution in [3.63, 3.8) is 0 Å². The second kappa shape index (κ2) is 6.49. The smallest absolute Gasteiger partial charge is 0.176 e. The molecule has 142 valence electrons. The summed E-state index contributed by atoms with van der Waals surface area (Å²) in [6.45, 7) is 5.77. The van der Waals surface area contributed by atoms with Crippen LogP contribution in [0.3, 0.4) is 0 Å². The van der Waals surface area contributed by atoms with Crippen LogP contribution in [0, 0.1) is 0 Å². The normalized spacial score (nSPS) is 15.6. The highest BCUT2D eigenvalue weighted by molar-refractivity contribution is 5.98. The molecule has 0 aromatic carbocycles. The number of fused-ring (bicyclic) bond motifs is 2. The third-order valence-corrected chi connectivity index (χ3v) is 5.69. The maximum absolute atomic E-state index is 12.3. The van der Waals surface area contributed by atoms with Crippen LogP contribution in [0.2, 0.25) is 0 Å². The van der Waals surface area contributed by atoms with E-state index in [1.165, 1.54) is 5.69 Å². The van der Waals surface area contributed by atoms with E-state index in [2.05, 4.69) is 44.4 Å². The summed E-state index contributed by atoms with van der Waals surface area (Å²) in [6.07, 6.45) is 5.79. The number of nitrogens with zero attached hydrogens (tertiary/aromatic N) is 5. The molecule has 1 aliphatic rings. The molecule has 0 radical (unpaired) electrons. The predicted molar refractivity (Wildman–Crippen MR) is 111 cm³/mol. The fraction of sp³-hybridized carbons (Fsp3) is 0.273. The quantitative estimate of drug-likeness (QED) is 0.518. The number of ketones is 1. The van der Waals surface area contributed by atoms with Gasteiger partial charge in [0.25, 0.3) is 0 Å². The fourth-order valence-electron chi connectivity index (χ4n) is 4.09. The topological polar surface area (TPSA) is 45.3 Å². The fourth-order valence-corrected chi connectivity index (χ4v) is 4.09. The van der Waals surface area contributed by atoms with Gasteiger partial charge < -0.3 is 14.2 Å². The Balaban J connectivity index is 1.70. The Morgan fingerprint density at radius 1 is 1.00 bits per heavy atom. The number of hydrogen-bond acceptors (Lipinski definition) is 4. The molecule has 1 fully saturated rings. The summed E-state index contributed by atoms with van der Waals surface area (Å²) < 4.78 is 4.08. The summed E-state index contributed by atoms with van der Waals surface area (Å²) in [5.74, 6) is 0.0615. The minimum Gasteiger partial charge on any atom is -0.369 e. The van der Waals surface area contributed by atoms with Crippen molar-refractivity contribution in [3.8, 4) is 11.3 Å². The molecule has 0 saturated carbocycles. The first-order chi connectivity index (χ1) is 13.6. The van der Waals surface area contributed by atoms with Crippen LogP contribution in [0.15, 0.2) is 55.0 Å². The Morgan fingerprint density at radius 2 is 1.82 bits per heavy atom. The van der Waals surface area contributed by atoms with Gasteiger partial charge in [0.1, 0.15) is 5.65 Å². The zero-order valence-corrected chi connectivity index (χ0v) is 16.2. The molecule has 4 aromatic heterocycles. The second-order valence-corrected chi connectivity index (χ2v) is 7.50. The lowest BCUT2D eigenvalue weighted by Gasteiger charge is -2.34. The van der Waals surface area contributed by atoms with Gasteiger partial charge in [0.05, 0.1) is 16.9 Å². The van der Waals surface area contributed by atoms with Crippen molar-refractivity contribution in [1.29, 1.82) is 0 Å². The van der Waals surface area contributed by atoms with E-state index in [0.29, 0.717) is 5.69 Å². The van der Waals surface area contributed by atoms with Crippen LogP contribution in [0.25, 0.3) is 22.4 Å². The first-order valence-electron chi connectivity index (χ1n) is 9.64. The zero-order valence-electron chi connectivity index (χ0n) is 16.2. The maximum Gasteiger partial charge on any atom is 0.176 e. The molecule has 6 heteroatoms. The number of carbonyl (C=O) groups is 1. The minimum atomic E-state index is 0.0615. The Labute approximate surface area is 163 Å². The van der Waals surface area contributed by atoms with Gasteiger partial charge in [0.15, 0.2) is 5.78 Å². The molecule has 0 unspecified atom stereocenters. The number of carbonyl (C=O) groups excluding carboxylic acids is 1.